The normalized spacial score (nSPS) is 16.0. The van der Waals surface area contributed by atoms with Gasteiger partial charge < -0.3 is 19.7 Å². The molecule has 0 bridgehead atoms. The van der Waals surface area contributed by atoms with Gasteiger partial charge in [0.15, 0.2) is 6.10 Å². The van der Waals surface area contributed by atoms with E-state index in [9.17, 15) is 9.59 Å². The summed E-state index contributed by atoms with van der Waals surface area (Å²) in [6.07, 6.45) is 0.665. The zero-order valence-electron chi connectivity index (χ0n) is 18.1. The molecule has 0 saturated heterocycles. The molecule has 30 heavy (non-hydrogen) atoms. The Kier molecular flexibility index (Phi) is 6.98. The average Bonchev–Trinajstić information content (AvgIpc) is 2.83. The lowest BCUT2D eigenvalue weighted by molar-refractivity contribution is -0.137. The number of fused-ring (bicyclic) bond motifs is 1. The number of anilines is 1. The van der Waals surface area contributed by atoms with Crippen molar-refractivity contribution in [2.24, 2.45) is 5.92 Å². The van der Waals surface area contributed by atoms with Gasteiger partial charge >= 0.3 is 0 Å². The number of carbonyl (C=O) groups is 2. The van der Waals surface area contributed by atoms with Crippen LogP contribution in [0.4, 0.5) is 5.69 Å². The number of methoxy groups -OCH3 is 1. The minimum Gasteiger partial charge on any atom is -0.497 e. The van der Waals surface area contributed by atoms with E-state index >= 15 is 0 Å². The van der Waals surface area contributed by atoms with Crippen LogP contribution in [0, 0.1) is 5.92 Å². The molecule has 6 nitrogen and oxygen atoms in total. The van der Waals surface area contributed by atoms with Crippen molar-refractivity contribution in [2.45, 2.75) is 46.3 Å². The molecule has 0 fully saturated rings. The second-order valence-electron chi connectivity index (χ2n) is 8.10. The van der Waals surface area contributed by atoms with Crippen molar-refractivity contribution in [3.63, 3.8) is 0 Å². The third-order valence-electron chi connectivity index (χ3n) is 5.14. The predicted octanol–water partition coefficient (Wildman–Crippen LogP) is 4.03. The van der Waals surface area contributed by atoms with Crippen molar-refractivity contribution in [1.29, 1.82) is 0 Å². The fraction of sp³-hybridized carbons (Fsp3) is 0.417. The lowest BCUT2D eigenvalue weighted by Gasteiger charge is -2.23. The van der Waals surface area contributed by atoms with E-state index in [2.05, 4.69) is 19.2 Å². The Labute approximate surface area is 178 Å². The van der Waals surface area contributed by atoms with Crippen LogP contribution in [0.15, 0.2) is 42.5 Å². The van der Waals surface area contributed by atoms with Gasteiger partial charge in [-0.15, -0.1) is 0 Å². The molecule has 0 aromatic heterocycles. The van der Waals surface area contributed by atoms with Gasteiger partial charge in [-0.1, -0.05) is 26.0 Å². The van der Waals surface area contributed by atoms with E-state index in [0.29, 0.717) is 30.4 Å². The summed E-state index contributed by atoms with van der Waals surface area (Å²) in [4.78, 5) is 27.0. The van der Waals surface area contributed by atoms with Crippen LogP contribution in [0.5, 0.6) is 11.5 Å². The maximum atomic E-state index is 12.7. The fourth-order valence-corrected chi connectivity index (χ4v) is 3.45. The molecule has 1 aliphatic rings. The number of nitrogens with one attached hydrogen (secondary N) is 1. The first-order chi connectivity index (χ1) is 14.4. The van der Waals surface area contributed by atoms with Crippen LogP contribution in [0.1, 0.15) is 38.3 Å². The zero-order valence-corrected chi connectivity index (χ0v) is 18.1. The number of rotatable bonds is 7. The summed E-state index contributed by atoms with van der Waals surface area (Å²) in [5.74, 6) is 1.81. The third kappa shape index (κ3) is 5.53. The molecular weight excluding hydrogens is 380 g/mol. The zero-order chi connectivity index (χ0) is 21.7. The Bertz CT molecular complexity index is 910. The highest BCUT2D eigenvalue weighted by molar-refractivity contribution is 5.92. The van der Waals surface area contributed by atoms with Crippen LogP contribution in [-0.4, -0.2) is 36.5 Å². The van der Waals surface area contributed by atoms with Gasteiger partial charge in [-0.25, -0.2) is 0 Å². The molecule has 1 atom stereocenters. The average molecular weight is 411 g/mol. The Morgan fingerprint density at radius 1 is 1.27 bits per heavy atom. The summed E-state index contributed by atoms with van der Waals surface area (Å²) in [5, 5.41) is 2.95. The van der Waals surface area contributed by atoms with E-state index in [4.69, 9.17) is 9.47 Å². The fourth-order valence-electron chi connectivity index (χ4n) is 3.45. The maximum Gasteiger partial charge on any atom is 0.263 e. The molecule has 160 valence electrons. The van der Waals surface area contributed by atoms with Gasteiger partial charge in [0, 0.05) is 24.3 Å². The Hall–Kier alpha value is -3.02. The molecule has 1 aliphatic heterocycles. The summed E-state index contributed by atoms with van der Waals surface area (Å²) in [6.45, 7) is 7.24. The SMILES string of the molecule is COc1cccc(CC(=O)Nc2ccc3c(c2)CN(CCC(C)C)C(=O)[C@H](C)O3)c1. The minimum absolute atomic E-state index is 0.00420. The van der Waals surface area contributed by atoms with Crippen LogP contribution < -0.4 is 14.8 Å². The van der Waals surface area contributed by atoms with E-state index < -0.39 is 6.10 Å². The summed E-state index contributed by atoms with van der Waals surface area (Å²) in [5.41, 5.74) is 2.47. The van der Waals surface area contributed by atoms with Crippen molar-refractivity contribution in [1.82, 2.24) is 4.90 Å². The Morgan fingerprint density at radius 2 is 2.07 bits per heavy atom. The molecule has 0 unspecified atom stereocenters. The first-order valence-electron chi connectivity index (χ1n) is 10.4. The highest BCUT2D eigenvalue weighted by atomic mass is 16.5. The molecule has 2 aromatic rings. The largest absolute Gasteiger partial charge is 0.497 e. The lowest BCUT2D eigenvalue weighted by Crippen LogP contribution is -2.38. The summed E-state index contributed by atoms with van der Waals surface area (Å²) < 4.78 is 11.1. The van der Waals surface area contributed by atoms with Gasteiger partial charge in [0.1, 0.15) is 11.5 Å². The molecule has 1 N–H and O–H groups in total. The van der Waals surface area contributed by atoms with E-state index in [1.165, 1.54) is 0 Å². The number of carbonyl (C=O) groups excluding carboxylic acids is 2. The monoisotopic (exact) mass is 410 g/mol. The number of benzene rings is 2. The molecule has 0 spiro atoms. The summed E-state index contributed by atoms with van der Waals surface area (Å²) >= 11 is 0. The molecule has 1 heterocycles. The van der Waals surface area contributed by atoms with Gasteiger partial charge in [-0.2, -0.15) is 0 Å². The molecular formula is C24H30N2O4. The summed E-state index contributed by atoms with van der Waals surface area (Å²) in [6, 6.07) is 13.0. The number of ether oxygens (including phenoxy) is 2. The lowest BCUT2D eigenvalue weighted by atomic mass is 10.1. The quantitative estimate of drug-likeness (QED) is 0.748. The van der Waals surface area contributed by atoms with Crippen LogP contribution in [0.2, 0.25) is 0 Å². The van der Waals surface area contributed by atoms with E-state index in [0.717, 1.165) is 23.3 Å². The smallest absolute Gasteiger partial charge is 0.263 e. The second kappa shape index (κ2) is 9.65. The number of hydrogen-bond acceptors (Lipinski definition) is 4. The molecule has 0 radical (unpaired) electrons. The van der Waals surface area contributed by atoms with Gasteiger partial charge in [-0.3, -0.25) is 9.59 Å². The first kappa shape index (κ1) is 21.7. The van der Waals surface area contributed by atoms with E-state index in [1.807, 2.05) is 47.4 Å². The van der Waals surface area contributed by atoms with Crippen LogP contribution in [0.3, 0.4) is 0 Å². The van der Waals surface area contributed by atoms with Gasteiger partial charge in [0.05, 0.1) is 13.5 Å². The van der Waals surface area contributed by atoms with Gasteiger partial charge in [-0.05, 0) is 55.2 Å². The second-order valence-corrected chi connectivity index (χ2v) is 8.10. The number of hydrogen-bond donors (Lipinski definition) is 1. The molecule has 2 amide bonds. The maximum absolute atomic E-state index is 12.7. The van der Waals surface area contributed by atoms with Crippen molar-refractivity contribution in [2.75, 3.05) is 19.0 Å². The Balaban J connectivity index is 1.72. The highest BCUT2D eigenvalue weighted by Crippen LogP contribution is 2.29. The van der Waals surface area contributed by atoms with Crippen molar-refractivity contribution in [3.8, 4) is 11.5 Å². The number of amides is 2. The van der Waals surface area contributed by atoms with E-state index in [-0.39, 0.29) is 18.2 Å². The minimum atomic E-state index is -0.521. The standard InChI is InChI=1S/C24H30N2O4/c1-16(2)10-11-26-15-19-14-20(8-9-22(19)30-17(3)24(26)28)25-23(27)13-18-6-5-7-21(12-18)29-4/h5-9,12,14,16-17H,10-11,13,15H2,1-4H3,(H,25,27)/t17-/m0/s1. The van der Waals surface area contributed by atoms with Gasteiger partial charge in [0.2, 0.25) is 5.91 Å². The van der Waals surface area contributed by atoms with Gasteiger partial charge in [0.25, 0.3) is 5.91 Å². The van der Waals surface area contributed by atoms with Crippen molar-refractivity contribution < 1.29 is 19.1 Å². The Morgan fingerprint density at radius 3 is 2.80 bits per heavy atom. The first-order valence-corrected chi connectivity index (χ1v) is 10.4. The predicted molar refractivity (Wildman–Crippen MR) is 117 cm³/mol. The van der Waals surface area contributed by atoms with Crippen molar-refractivity contribution >= 4 is 17.5 Å². The topological polar surface area (TPSA) is 67.9 Å². The molecule has 0 aliphatic carbocycles. The summed E-state index contributed by atoms with van der Waals surface area (Å²) in [7, 11) is 1.60. The molecule has 3 rings (SSSR count). The molecule has 2 aromatic carbocycles. The van der Waals surface area contributed by atoms with Crippen molar-refractivity contribution in [3.05, 3.63) is 53.6 Å². The van der Waals surface area contributed by atoms with Crippen LogP contribution in [0.25, 0.3) is 0 Å². The van der Waals surface area contributed by atoms with Crippen LogP contribution >= 0.6 is 0 Å². The van der Waals surface area contributed by atoms with E-state index in [1.54, 1.807) is 14.0 Å². The highest BCUT2D eigenvalue weighted by Gasteiger charge is 2.27. The molecule has 0 saturated carbocycles. The van der Waals surface area contributed by atoms with Crippen LogP contribution in [-0.2, 0) is 22.6 Å². The molecule has 6 heteroatoms. The number of nitrogens with zero attached hydrogens (tertiary/aromatic N) is 1. The third-order valence-corrected chi connectivity index (χ3v) is 5.14.